The Kier molecular flexibility index (Phi) is 7.31. The molecule has 1 heterocycles. The van der Waals surface area contributed by atoms with Crippen LogP contribution in [0.15, 0.2) is 24.3 Å². The van der Waals surface area contributed by atoms with Gasteiger partial charge in [-0.25, -0.2) is 0 Å². The molecule has 0 saturated carbocycles. The number of nitrogens with zero attached hydrogens (tertiary/aromatic N) is 2. The topological polar surface area (TPSA) is 85.7 Å². The number of aliphatic hydroxyl groups excluding tert-OH is 2. The third-order valence-corrected chi connectivity index (χ3v) is 4.18. The summed E-state index contributed by atoms with van der Waals surface area (Å²) in [6.07, 6.45) is 0.757. The number of rotatable bonds is 9. The quantitative estimate of drug-likeness (QED) is 0.596. The van der Waals surface area contributed by atoms with Crippen LogP contribution >= 0.6 is 0 Å². The average molecular weight is 345 g/mol. The normalized spacial score (nSPS) is 11.2. The Morgan fingerprint density at radius 1 is 1.16 bits per heavy atom. The molecule has 25 heavy (non-hydrogen) atoms. The Labute approximate surface area is 148 Å². The van der Waals surface area contributed by atoms with Gasteiger partial charge in [0, 0.05) is 30.7 Å². The third-order valence-electron chi connectivity index (χ3n) is 4.18. The summed E-state index contributed by atoms with van der Waals surface area (Å²) in [5, 5.41) is 21.8. The first-order valence-electron chi connectivity index (χ1n) is 8.66. The minimum Gasteiger partial charge on any atom is -0.395 e. The number of hydrogen-bond acceptors (Lipinski definition) is 5. The van der Waals surface area contributed by atoms with Gasteiger partial charge in [-0.3, -0.25) is 14.7 Å². The van der Waals surface area contributed by atoms with Crippen molar-refractivity contribution in [3.05, 3.63) is 41.1 Å². The molecule has 6 nitrogen and oxygen atoms in total. The number of carbonyl (C=O) groups is 1. The van der Waals surface area contributed by atoms with Gasteiger partial charge in [0.15, 0.2) is 0 Å². The maximum atomic E-state index is 12.6. The maximum absolute atomic E-state index is 12.6. The van der Waals surface area contributed by atoms with Gasteiger partial charge in [-0.2, -0.15) is 0 Å². The number of para-hydroxylation sites is 1. The molecule has 2 rings (SSSR count). The number of benzene rings is 1. The van der Waals surface area contributed by atoms with Gasteiger partial charge in [0.25, 0.3) is 5.91 Å². The number of carbonyl (C=O) groups excluding carboxylic acids is 1. The van der Waals surface area contributed by atoms with E-state index < -0.39 is 0 Å². The highest BCUT2D eigenvalue weighted by Gasteiger charge is 2.13. The lowest BCUT2D eigenvalue weighted by Gasteiger charge is -2.20. The van der Waals surface area contributed by atoms with Crippen molar-refractivity contribution < 1.29 is 15.0 Å². The van der Waals surface area contributed by atoms with Crippen LogP contribution in [0.4, 0.5) is 0 Å². The van der Waals surface area contributed by atoms with E-state index in [1.54, 1.807) is 0 Å². The second-order valence-corrected chi connectivity index (χ2v) is 6.18. The highest BCUT2D eigenvalue weighted by molar-refractivity contribution is 6.06. The molecular weight excluding hydrogens is 318 g/mol. The van der Waals surface area contributed by atoms with E-state index in [1.165, 1.54) is 0 Å². The summed E-state index contributed by atoms with van der Waals surface area (Å²) in [5.41, 5.74) is 3.39. The van der Waals surface area contributed by atoms with Crippen LogP contribution in [0.5, 0.6) is 0 Å². The highest BCUT2D eigenvalue weighted by Crippen LogP contribution is 2.21. The van der Waals surface area contributed by atoms with E-state index in [9.17, 15) is 4.79 Å². The lowest BCUT2D eigenvalue weighted by Crippen LogP contribution is -2.33. The Bertz CT molecular complexity index is 712. The van der Waals surface area contributed by atoms with Crippen molar-refractivity contribution in [2.45, 2.75) is 20.3 Å². The largest absolute Gasteiger partial charge is 0.395 e. The standard InChI is InChI=1S/C19H27N3O3/c1-14-5-3-6-16-17(13-15(2)21-18(14)16)19(25)20-7-4-8-22(9-11-23)10-12-24/h3,5-6,13,23-24H,4,7-12H2,1-2H3,(H,20,25). The van der Waals surface area contributed by atoms with Crippen LogP contribution < -0.4 is 5.32 Å². The second-order valence-electron chi connectivity index (χ2n) is 6.18. The number of amides is 1. The molecule has 0 aliphatic carbocycles. The van der Waals surface area contributed by atoms with E-state index in [1.807, 2.05) is 43.0 Å². The van der Waals surface area contributed by atoms with Crippen molar-refractivity contribution in [2.75, 3.05) is 39.4 Å². The predicted molar refractivity (Wildman–Crippen MR) is 98.8 cm³/mol. The van der Waals surface area contributed by atoms with Gasteiger partial charge < -0.3 is 15.5 Å². The van der Waals surface area contributed by atoms with Crippen LogP contribution in [0.25, 0.3) is 10.9 Å². The molecule has 2 aromatic rings. The van der Waals surface area contributed by atoms with Crippen LogP contribution in [-0.2, 0) is 0 Å². The lowest BCUT2D eigenvalue weighted by atomic mass is 10.0. The average Bonchev–Trinajstić information content (AvgIpc) is 2.59. The second kappa shape index (κ2) is 9.46. The minimum atomic E-state index is -0.100. The van der Waals surface area contributed by atoms with Gasteiger partial charge in [-0.05, 0) is 38.4 Å². The molecular formula is C19H27N3O3. The zero-order valence-corrected chi connectivity index (χ0v) is 15.0. The fourth-order valence-corrected chi connectivity index (χ4v) is 2.93. The van der Waals surface area contributed by atoms with Crippen LogP contribution in [0.1, 0.15) is 28.0 Å². The molecule has 1 aromatic heterocycles. The van der Waals surface area contributed by atoms with Gasteiger partial charge in [-0.15, -0.1) is 0 Å². The zero-order chi connectivity index (χ0) is 18.2. The number of pyridine rings is 1. The maximum Gasteiger partial charge on any atom is 0.252 e. The van der Waals surface area contributed by atoms with Crippen molar-refractivity contribution in [2.24, 2.45) is 0 Å². The third kappa shape index (κ3) is 5.22. The first-order valence-corrected chi connectivity index (χ1v) is 8.66. The zero-order valence-electron chi connectivity index (χ0n) is 15.0. The van der Waals surface area contributed by atoms with Gasteiger partial charge in [0.2, 0.25) is 0 Å². The molecule has 0 saturated heterocycles. The van der Waals surface area contributed by atoms with Crippen LogP contribution in [0, 0.1) is 13.8 Å². The molecule has 6 heteroatoms. The van der Waals surface area contributed by atoms with E-state index in [4.69, 9.17) is 10.2 Å². The summed E-state index contributed by atoms with van der Waals surface area (Å²) < 4.78 is 0. The van der Waals surface area contributed by atoms with E-state index >= 15 is 0 Å². The van der Waals surface area contributed by atoms with Crippen LogP contribution in [0.3, 0.4) is 0 Å². The van der Waals surface area contributed by atoms with Gasteiger partial charge in [0.05, 0.1) is 24.3 Å². The first-order chi connectivity index (χ1) is 12.1. The summed E-state index contributed by atoms with van der Waals surface area (Å²) in [7, 11) is 0. The van der Waals surface area contributed by atoms with Crippen LogP contribution in [-0.4, -0.2) is 65.4 Å². The van der Waals surface area contributed by atoms with E-state index in [0.717, 1.165) is 35.1 Å². The van der Waals surface area contributed by atoms with Crippen molar-refractivity contribution in [3.8, 4) is 0 Å². The van der Waals surface area contributed by atoms with Gasteiger partial charge >= 0.3 is 0 Å². The van der Waals surface area contributed by atoms with Crippen molar-refractivity contribution >= 4 is 16.8 Å². The van der Waals surface area contributed by atoms with Crippen molar-refractivity contribution in [3.63, 3.8) is 0 Å². The number of nitrogens with one attached hydrogen (secondary N) is 1. The molecule has 0 fully saturated rings. The molecule has 0 radical (unpaired) electrons. The predicted octanol–water partition coefficient (Wildman–Crippen LogP) is 1.26. The Balaban J connectivity index is 2.00. The molecule has 3 N–H and O–H groups in total. The fourth-order valence-electron chi connectivity index (χ4n) is 2.93. The van der Waals surface area contributed by atoms with Crippen molar-refractivity contribution in [1.29, 1.82) is 0 Å². The fraction of sp³-hybridized carbons (Fsp3) is 0.474. The number of aromatic nitrogens is 1. The monoisotopic (exact) mass is 345 g/mol. The minimum absolute atomic E-state index is 0.0635. The summed E-state index contributed by atoms with van der Waals surface area (Å²) in [4.78, 5) is 19.1. The summed E-state index contributed by atoms with van der Waals surface area (Å²) >= 11 is 0. The molecule has 1 aromatic carbocycles. The summed E-state index contributed by atoms with van der Waals surface area (Å²) in [6, 6.07) is 7.68. The number of hydrogen-bond donors (Lipinski definition) is 3. The molecule has 0 aliphatic heterocycles. The molecule has 0 bridgehead atoms. The highest BCUT2D eigenvalue weighted by atomic mass is 16.3. The van der Waals surface area contributed by atoms with Crippen LogP contribution in [0.2, 0.25) is 0 Å². The molecule has 136 valence electrons. The van der Waals surface area contributed by atoms with Gasteiger partial charge in [-0.1, -0.05) is 18.2 Å². The van der Waals surface area contributed by atoms with E-state index in [0.29, 0.717) is 25.2 Å². The van der Waals surface area contributed by atoms with E-state index in [-0.39, 0.29) is 19.1 Å². The summed E-state index contributed by atoms with van der Waals surface area (Å²) in [6.45, 7) is 6.33. The van der Waals surface area contributed by atoms with E-state index in [2.05, 4.69) is 10.3 Å². The molecule has 1 amide bonds. The Morgan fingerprint density at radius 2 is 1.88 bits per heavy atom. The smallest absolute Gasteiger partial charge is 0.252 e. The van der Waals surface area contributed by atoms with Crippen molar-refractivity contribution in [1.82, 2.24) is 15.2 Å². The molecule has 0 aliphatic rings. The Morgan fingerprint density at radius 3 is 2.56 bits per heavy atom. The Hall–Kier alpha value is -2.02. The first kappa shape index (κ1) is 19.3. The molecule has 0 atom stereocenters. The summed E-state index contributed by atoms with van der Waals surface area (Å²) in [5.74, 6) is -0.100. The lowest BCUT2D eigenvalue weighted by molar-refractivity contribution is 0.0951. The molecule has 0 spiro atoms. The molecule has 0 unspecified atom stereocenters. The van der Waals surface area contributed by atoms with Gasteiger partial charge in [0.1, 0.15) is 0 Å². The number of aliphatic hydroxyl groups is 2. The number of aryl methyl sites for hydroxylation is 2. The SMILES string of the molecule is Cc1cc(C(=O)NCCCN(CCO)CCO)c2cccc(C)c2n1. The number of fused-ring (bicyclic) bond motifs is 1.